The zero-order valence-corrected chi connectivity index (χ0v) is 15.9. The molecule has 1 fully saturated rings. The van der Waals surface area contributed by atoms with Crippen molar-refractivity contribution in [3.05, 3.63) is 58.7 Å². The first kappa shape index (κ1) is 18.2. The summed E-state index contributed by atoms with van der Waals surface area (Å²) >= 11 is 0. The molecule has 0 bridgehead atoms. The molecular weight excluding hydrogens is 324 g/mol. The van der Waals surface area contributed by atoms with Crippen LogP contribution in [0.1, 0.15) is 35.6 Å². The molecule has 1 N–H and O–H groups in total. The lowest BCUT2D eigenvalue weighted by atomic mass is 10.0. The number of aryl methyl sites for hydroxylation is 3. The molecule has 4 heteroatoms. The maximum Gasteiger partial charge on any atom is 0.229 e. The van der Waals surface area contributed by atoms with Gasteiger partial charge in [0.1, 0.15) is 0 Å². The number of hydrogen-bond donors (Lipinski definition) is 1. The molecule has 26 heavy (non-hydrogen) atoms. The molecule has 0 aromatic heterocycles. The van der Waals surface area contributed by atoms with Gasteiger partial charge in [0.15, 0.2) is 0 Å². The number of rotatable bonds is 4. The summed E-state index contributed by atoms with van der Waals surface area (Å²) in [5.74, 6) is -0.386. The molecule has 0 aliphatic carbocycles. The summed E-state index contributed by atoms with van der Waals surface area (Å²) in [6.07, 6.45) is 1.12. The highest BCUT2D eigenvalue weighted by Gasteiger charge is 2.36. The van der Waals surface area contributed by atoms with Gasteiger partial charge in [-0.05, 0) is 55.5 Å². The SMILES string of the molecule is CCc1cccc(C)c1N1CC(C(=O)Nc2cccc(C)c2C)CC1=O. The molecule has 1 saturated heterocycles. The van der Waals surface area contributed by atoms with Crippen molar-refractivity contribution in [1.29, 1.82) is 0 Å². The number of anilines is 2. The highest BCUT2D eigenvalue weighted by Crippen LogP contribution is 2.32. The summed E-state index contributed by atoms with van der Waals surface area (Å²) in [5, 5.41) is 3.01. The van der Waals surface area contributed by atoms with E-state index in [9.17, 15) is 9.59 Å². The van der Waals surface area contributed by atoms with Gasteiger partial charge >= 0.3 is 0 Å². The van der Waals surface area contributed by atoms with Gasteiger partial charge in [0.2, 0.25) is 11.8 Å². The van der Waals surface area contributed by atoms with Crippen molar-refractivity contribution in [1.82, 2.24) is 0 Å². The van der Waals surface area contributed by atoms with Crippen LogP contribution >= 0.6 is 0 Å². The van der Waals surface area contributed by atoms with Crippen LogP contribution < -0.4 is 10.2 Å². The van der Waals surface area contributed by atoms with E-state index in [-0.39, 0.29) is 24.2 Å². The predicted octanol–water partition coefficient (Wildman–Crippen LogP) is 4.17. The Labute approximate surface area is 155 Å². The maximum atomic E-state index is 12.8. The molecule has 4 nitrogen and oxygen atoms in total. The molecular formula is C22H26N2O2. The standard InChI is InChI=1S/C22H26N2O2/c1-5-17-10-6-9-15(3)21(17)24-13-18(12-20(24)25)22(26)23-19-11-7-8-14(2)16(19)4/h6-11,18H,5,12-13H2,1-4H3,(H,23,26). The van der Waals surface area contributed by atoms with E-state index in [2.05, 4.69) is 18.3 Å². The Kier molecular flexibility index (Phi) is 5.12. The Hall–Kier alpha value is -2.62. The fourth-order valence-corrected chi connectivity index (χ4v) is 3.61. The smallest absolute Gasteiger partial charge is 0.229 e. The number of amides is 2. The average Bonchev–Trinajstić information content (AvgIpc) is 3.00. The lowest BCUT2D eigenvalue weighted by Crippen LogP contribution is -2.29. The van der Waals surface area contributed by atoms with Crippen LogP contribution in [0.4, 0.5) is 11.4 Å². The second-order valence-corrected chi connectivity index (χ2v) is 7.08. The molecule has 0 radical (unpaired) electrons. The van der Waals surface area contributed by atoms with E-state index in [4.69, 9.17) is 0 Å². The molecule has 136 valence electrons. The van der Waals surface area contributed by atoms with E-state index in [1.165, 1.54) is 0 Å². The van der Waals surface area contributed by atoms with Crippen molar-refractivity contribution >= 4 is 23.2 Å². The van der Waals surface area contributed by atoms with Gasteiger partial charge in [0, 0.05) is 24.3 Å². The first-order chi connectivity index (χ1) is 12.4. The first-order valence-corrected chi connectivity index (χ1v) is 9.18. The third-order valence-corrected chi connectivity index (χ3v) is 5.33. The van der Waals surface area contributed by atoms with Crippen molar-refractivity contribution in [3.8, 4) is 0 Å². The number of hydrogen-bond acceptors (Lipinski definition) is 2. The number of carbonyl (C=O) groups excluding carboxylic acids is 2. The van der Waals surface area contributed by atoms with Crippen LogP contribution in [0.25, 0.3) is 0 Å². The van der Waals surface area contributed by atoms with Gasteiger partial charge in [-0.15, -0.1) is 0 Å². The minimum atomic E-state index is -0.327. The summed E-state index contributed by atoms with van der Waals surface area (Å²) in [6, 6.07) is 12.0. The highest BCUT2D eigenvalue weighted by molar-refractivity contribution is 6.04. The number of nitrogens with zero attached hydrogens (tertiary/aromatic N) is 1. The van der Waals surface area contributed by atoms with Crippen LogP contribution in [0.3, 0.4) is 0 Å². The van der Waals surface area contributed by atoms with Crippen LogP contribution in [0.15, 0.2) is 36.4 Å². The summed E-state index contributed by atoms with van der Waals surface area (Å²) in [6.45, 7) is 8.57. The van der Waals surface area contributed by atoms with Crippen molar-refractivity contribution in [3.63, 3.8) is 0 Å². The van der Waals surface area contributed by atoms with Crippen LogP contribution in [0.5, 0.6) is 0 Å². The molecule has 1 atom stereocenters. The van der Waals surface area contributed by atoms with Gasteiger partial charge in [-0.1, -0.05) is 37.3 Å². The van der Waals surface area contributed by atoms with Gasteiger partial charge in [-0.3, -0.25) is 9.59 Å². The monoisotopic (exact) mass is 350 g/mol. The lowest BCUT2D eigenvalue weighted by Gasteiger charge is -2.22. The Bertz CT molecular complexity index is 857. The van der Waals surface area contributed by atoms with Crippen molar-refractivity contribution in [2.45, 2.75) is 40.5 Å². The van der Waals surface area contributed by atoms with E-state index in [0.29, 0.717) is 6.54 Å². The zero-order valence-electron chi connectivity index (χ0n) is 15.9. The highest BCUT2D eigenvalue weighted by atomic mass is 16.2. The topological polar surface area (TPSA) is 49.4 Å². The second-order valence-electron chi connectivity index (χ2n) is 7.08. The Morgan fingerprint density at radius 1 is 1.12 bits per heavy atom. The lowest BCUT2D eigenvalue weighted by molar-refractivity contribution is -0.122. The van der Waals surface area contributed by atoms with Crippen LogP contribution in [-0.4, -0.2) is 18.4 Å². The summed E-state index contributed by atoms with van der Waals surface area (Å²) in [5.41, 5.74) is 6.23. The van der Waals surface area contributed by atoms with Gasteiger partial charge in [-0.2, -0.15) is 0 Å². The summed E-state index contributed by atoms with van der Waals surface area (Å²) < 4.78 is 0. The van der Waals surface area contributed by atoms with E-state index in [0.717, 1.165) is 40.0 Å². The first-order valence-electron chi connectivity index (χ1n) is 9.18. The molecule has 1 aliphatic rings. The van der Waals surface area contributed by atoms with Crippen LogP contribution in [0, 0.1) is 26.7 Å². The van der Waals surface area contributed by atoms with E-state index in [1.54, 1.807) is 4.90 Å². The fraction of sp³-hybridized carbons (Fsp3) is 0.364. The molecule has 1 unspecified atom stereocenters. The zero-order chi connectivity index (χ0) is 18.8. The Balaban J connectivity index is 1.80. The average molecular weight is 350 g/mol. The number of para-hydroxylation sites is 1. The Morgan fingerprint density at radius 3 is 2.54 bits per heavy atom. The third-order valence-electron chi connectivity index (χ3n) is 5.33. The Morgan fingerprint density at radius 2 is 1.81 bits per heavy atom. The fourth-order valence-electron chi connectivity index (χ4n) is 3.61. The van der Waals surface area contributed by atoms with Crippen molar-refractivity contribution in [2.75, 3.05) is 16.8 Å². The van der Waals surface area contributed by atoms with Gasteiger partial charge in [0.25, 0.3) is 0 Å². The minimum Gasteiger partial charge on any atom is -0.326 e. The molecule has 1 aliphatic heterocycles. The van der Waals surface area contributed by atoms with E-state index >= 15 is 0 Å². The number of nitrogens with one attached hydrogen (secondary N) is 1. The van der Waals surface area contributed by atoms with E-state index < -0.39 is 0 Å². The quantitative estimate of drug-likeness (QED) is 0.900. The van der Waals surface area contributed by atoms with Gasteiger partial charge in [-0.25, -0.2) is 0 Å². The molecule has 2 aromatic rings. The molecule has 0 spiro atoms. The third kappa shape index (κ3) is 3.36. The minimum absolute atomic E-state index is 0.0233. The second kappa shape index (κ2) is 7.32. The molecule has 2 amide bonds. The molecule has 3 rings (SSSR count). The molecule has 2 aromatic carbocycles. The van der Waals surface area contributed by atoms with Crippen molar-refractivity contribution in [2.24, 2.45) is 5.92 Å². The predicted molar refractivity (Wildman–Crippen MR) is 106 cm³/mol. The molecule has 1 heterocycles. The maximum absolute atomic E-state index is 12.8. The summed E-state index contributed by atoms with van der Waals surface area (Å²) in [4.78, 5) is 27.2. The van der Waals surface area contributed by atoms with E-state index in [1.807, 2.05) is 51.1 Å². The largest absolute Gasteiger partial charge is 0.326 e. The number of carbonyl (C=O) groups is 2. The van der Waals surface area contributed by atoms with Crippen LogP contribution in [0.2, 0.25) is 0 Å². The van der Waals surface area contributed by atoms with Crippen molar-refractivity contribution < 1.29 is 9.59 Å². The van der Waals surface area contributed by atoms with Gasteiger partial charge < -0.3 is 10.2 Å². The normalized spacial score (nSPS) is 16.8. The summed E-state index contributed by atoms with van der Waals surface area (Å²) in [7, 11) is 0. The van der Waals surface area contributed by atoms with Crippen LogP contribution in [-0.2, 0) is 16.0 Å². The number of benzene rings is 2. The molecule has 0 saturated carbocycles. The van der Waals surface area contributed by atoms with Gasteiger partial charge in [0.05, 0.1) is 5.92 Å².